The molecule has 0 aliphatic carbocycles. The van der Waals surface area contributed by atoms with Crippen LogP contribution < -0.4 is 10.5 Å². The molecule has 0 radical (unpaired) electrons. The molecule has 0 spiro atoms. The summed E-state index contributed by atoms with van der Waals surface area (Å²) in [6.45, 7) is 0. The standard InChI is InChI=1S/C16H13ClN4O/c1-22-13-4-2-3-11(9-13)15-19-14(20-16(18)21-15)10-5-7-12(17)8-6-10/h2-9H,1H3,(H2,18,19,20,21). The number of nitrogens with two attached hydrogens (primary N) is 1. The molecule has 110 valence electrons. The molecule has 3 aromatic rings. The normalized spacial score (nSPS) is 10.5. The van der Waals surface area contributed by atoms with Crippen molar-refractivity contribution in [3.8, 4) is 28.5 Å². The van der Waals surface area contributed by atoms with Crippen LogP contribution in [0.15, 0.2) is 48.5 Å². The Morgan fingerprint density at radius 1 is 0.909 bits per heavy atom. The molecule has 6 heteroatoms. The second-order valence-corrected chi connectivity index (χ2v) is 5.02. The zero-order valence-corrected chi connectivity index (χ0v) is 12.6. The van der Waals surface area contributed by atoms with Crippen molar-refractivity contribution in [1.82, 2.24) is 15.0 Å². The van der Waals surface area contributed by atoms with E-state index in [2.05, 4.69) is 15.0 Å². The van der Waals surface area contributed by atoms with Gasteiger partial charge >= 0.3 is 0 Å². The summed E-state index contributed by atoms with van der Waals surface area (Å²) in [6.07, 6.45) is 0. The van der Waals surface area contributed by atoms with Gasteiger partial charge < -0.3 is 10.5 Å². The van der Waals surface area contributed by atoms with Crippen molar-refractivity contribution in [3.05, 3.63) is 53.6 Å². The van der Waals surface area contributed by atoms with Gasteiger partial charge in [-0.25, -0.2) is 4.98 Å². The highest BCUT2D eigenvalue weighted by Crippen LogP contribution is 2.24. The Labute approximate surface area is 132 Å². The Bertz CT molecular complexity index is 805. The first-order chi connectivity index (χ1) is 10.7. The molecule has 1 aromatic heterocycles. The molecular weight excluding hydrogens is 300 g/mol. The predicted octanol–water partition coefficient (Wildman–Crippen LogP) is 3.45. The number of ether oxygens (including phenoxy) is 1. The minimum absolute atomic E-state index is 0.165. The van der Waals surface area contributed by atoms with E-state index in [1.165, 1.54) is 0 Å². The van der Waals surface area contributed by atoms with Crippen LogP contribution >= 0.6 is 11.6 Å². The van der Waals surface area contributed by atoms with Gasteiger partial charge in [0.15, 0.2) is 11.6 Å². The highest BCUT2D eigenvalue weighted by Gasteiger charge is 2.09. The molecule has 22 heavy (non-hydrogen) atoms. The third-order valence-electron chi connectivity index (χ3n) is 3.08. The lowest BCUT2D eigenvalue weighted by molar-refractivity contribution is 0.415. The van der Waals surface area contributed by atoms with Gasteiger partial charge in [-0.1, -0.05) is 23.7 Å². The highest BCUT2D eigenvalue weighted by atomic mass is 35.5. The van der Waals surface area contributed by atoms with E-state index in [-0.39, 0.29) is 5.95 Å². The van der Waals surface area contributed by atoms with Crippen LogP contribution in [0.3, 0.4) is 0 Å². The molecule has 0 fully saturated rings. The summed E-state index contributed by atoms with van der Waals surface area (Å²) >= 11 is 5.90. The topological polar surface area (TPSA) is 73.9 Å². The summed E-state index contributed by atoms with van der Waals surface area (Å²) in [5.74, 6) is 1.89. The highest BCUT2D eigenvalue weighted by molar-refractivity contribution is 6.30. The van der Waals surface area contributed by atoms with Crippen LogP contribution in [0.4, 0.5) is 5.95 Å². The van der Waals surface area contributed by atoms with Crippen molar-refractivity contribution < 1.29 is 4.74 Å². The molecule has 0 atom stereocenters. The summed E-state index contributed by atoms with van der Waals surface area (Å²) in [4.78, 5) is 12.9. The zero-order valence-electron chi connectivity index (χ0n) is 11.8. The Balaban J connectivity index is 2.08. The molecule has 2 N–H and O–H groups in total. The van der Waals surface area contributed by atoms with Gasteiger partial charge in [-0.3, -0.25) is 0 Å². The zero-order chi connectivity index (χ0) is 15.5. The summed E-state index contributed by atoms with van der Waals surface area (Å²) in [5.41, 5.74) is 7.45. The fourth-order valence-corrected chi connectivity index (χ4v) is 2.14. The van der Waals surface area contributed by atoms with E-state index in [0.29, 0.717) is 16.7 Å². The van der Waals surface area contributed by atoms with Gasteiger partial charge in [-0.05, 0) is 36.4 Å². The maximum absolute atomic E-state index is 5.90. The fourth-order valence-electron chi connectivity index (χ4n) is 2.01. The molecular formula is C16H13ClN4O. The van der Waals surface area contributed by atoms with E-state index < -0.39 is 0 Å². The van der Waals surface area contributed by atoms with E-state index in [4.69, 9.17) is 22.1 Å². The van der Waals surface area contributed by atoms with Crippen molar-refractivity contribution in [1.29, 1.82) is 0 Å². The largest absolute Gasteiger partial charge is 0.497 e. The molecule has 0 saturated carbocycles. The van der Waals surface area contributed by atoms with E-state index in [9.17, 15) is 0 Å². The van der Waals surface area contributed by atoms with Crippen LogP contribution in [0, 0.1) is 0 Å². The Morgan fingerprint density at radius 3 is 2.27 bits per heavy atom. The SMILES string of the molecule is COc1cccc(-c2nc(N)nc(-c3ccc(Cl)cc3)n2)c1. The van der Waals surface area contributed by atoms with Crippen LogP contribution in [-0.2, 0) is 0 Å². The minimum Gasteiger partial charge on any atom is -0.497 e. The Hall–Kier alpha value is -2.66. The molecule has 0 amide bonds. The molecule has 2 aromatic carbocycles. The van der Waals surface area contributed by atoms with Gasteiger partial charge in [0.25, 0.3) is 0 Å². The predicted molar refractivity (Wildman–Crippen MR) is 86.7 cm³/mol. The van der Waals surface area contributed by atoms with Crippen molar-refractivity contribution in [2.24, 2.45) is 0 Å². The van der Waals surface area contributed by atoms with Crippen molar-refractivity contribution >= 4 is 17.5 Å². The van der Waals surface area contributed by atoms with Gasteiger partial charge in [0.1, 0.15) is 5.75 Å². The molecule has 0 saturated heterocycles. The van der Waals surface area contributed by atoms with Crippen molar-refractivity contribution in [2.45, 2.75) is 0 Å². The van der Waals surface area contributed by atoms with E-state index >= 15 is 0 Å². The van der Waals surface area contributed by atoms with Crippen molar-refractivity contribution in [3.63, 3.8) is 0 Å². The minimum atomic E-state index is 0.165. The molecule has 0 unspecified atom stereocenters. The van der Waals surface area contributed by atoms with Gasteiger partial charge in [0.2, 0.25) is 5.95 Å². The quantitative estimate of drug-likeness (QED) is 0.801. The van der Waals surface area contributed by atoms with Crippen LogP contribution in [-0.4, -0.2) is 22.1 Å². The molecule has 5 nitrogen and oxygen atoms in total. The number of benzene rings is 2. The molecule has 3 rings (SSSR count). The van der Waals surface area contributed by atoms with E-state index in [0.717, 1.165) is 16.9 Å². The van der Waals surface area contributed by atoms with Gasteiger partial charge in [0.05, 0.1) is 7.11 Å². The first kappa shape index (κ1) is 14.3. The lowest BCUT2D eigenvalue weighted by atomic mass is 10.2. The third kappa shape index (κ3) is 2.99. The molecule has 0 bridgehead atoms. The number of nitrogen functional groups attached to an aromatic ring is 1. The smallest absolute Gasteiger partial charge is 0.224 e. The lowest BCUT2D eigenvalue weighted by Gasteiger charge is -2.06. The maximum Gasteiger partial charge on any atom is 0.224 e. The maximum atomic E-state index is 5.90. The molecule has 0 aliphatic rings. The number of rotatable bonds is 3. The average Bonchev–Trinajstić information content (AvgIpc) is 2.55. The number of aromatic nitrogens is 3. The van der Waals surface area contributed by atoms with Gasteiger partial charge in [-0.15, -0.1) is 0 Å². The summed E-state index contributed by atoms with van der Waals surface area (Å²) in [7, 11) is 1.61. The fraction of sp³-hybridized carbons (Fsp3) is 0.0625. The third-order valence-corrected chi connectivity index (χ3v) is 3.34. The van der Waals surface area contributed by atoms with Crippen LogP contribution in [0.2, 0.25) is 5.02 Å². The summed E-state index contributed by atoms with van der Waals surface area (Å²) in [6, 6.07) is 14.7. The van der Waals surface area contributed by atoms with E-state index in [1.54, 1.807) is 19.2 Å². The molecule has 0 aliphatic heterocycles. The average molecular weight is 313 g/mol. The van der Waals surface area contributed by atoms with E-state index in [1.807, 2.05) is 36.4 Å². The van der Waals surface area contributed by atoms with Crippen molar-refractivity contribution in [2.75, 3.05) is 12.8 Å². The number of halogens is 1. The Kier molecular flexibility index (Phi) is 3.89. The first-order valence-electron chi connectivity index (χ1n) is 6.57. The summed E-state index contributed by atoms with van der Waals surface area (Å²) < 4.78 is 5.22. The number of methoxy groups -OCH3 is 1. The number of hydrogen-bond donors (Lipinski definition) is 1. The summed E-state index contributed by atoms with van der Waals surface area (Å²) in [5, 5.41) is 0.652. The van der Waals surface area contributed by atoms with Gasteiger partial charge in [0, 0.05) is 16.1 Å². The van der Waals surface area contributed by atoms with Crippen LogP contribution in [0.5, 0.6) is 5.75 Å². The number of nitrogens with zero attached hydrogens (tertiary/aromatic N) is 3. The first-order valence-corrected chi connectivity index (χ1v) is 6.95. The molecule has 1 heterocycles. The van der Waals surface area contributed by atoms with Gasteiger partial charge in [-0.2, -0.15) is 9.97 Å². The van der Waals surface area contributed by atoms with Crippen LogP contribution in [0.1, 0.15) is 0 Å². The second kappa shape index (κ2) is 5.99. The lowest BCUT2D eigenvalue weighted by Crippen LogP contribution is -2.02. The monoisotopic (exact) mass is 312 g/mol. The number of hydrogen-bond acceptors (Lipinski definition) is 5. The van der Waals surface area contributed by atoms with Crippen LogP contribution in [0.25, 0.3) is 22.8 Å². The number of anilines is 1. The second-order valence-electron chi connectivity index (χ2n) is 4.58. The Morgan fingerprint density at radius 2 is 1.59 bits per heavy atom.